The fraction of sp³-hybridized carbons (Fsp3) is 0.769. The zero-order valence-corrected chi connectivity index (χ0v) is 11.7. The van der Waals surface area contributed by atoms with Gasteiger partial charge in [-0.2, -0.15) is 0 Å². The topological polar surface area (TPSA) is 71.2 Å². The number of aromatic carboxylic acids is 1. The molecule has 1 N–H and O–H groups in total. The third-order valence-corrected chi connectivity index (χ3v) is 4.42. The van der Waals surface area contributed by atoms with Crippen LogP contribution in [-0.4, -0.2) is 50.6 Å². The highest BCUT2D eigenvalue weighted by molar-refractivity contribution is 5.84. The van der Waals surface area contributed by atoms with Gasteiger partial charge in [0.25, 0.3) is 0 Å². The zero-order valence-electron chi connectivity index (χ0n) is 11.7. The van der Waals surface area contributed by atoms with E-state index in [1.807, 2.05) is 0 Å². The molecule has 6 nitrogen and oxygen atoms in total. The molecule has 2 rings (SSSR count). The van der Waals surface area contributed by atoms with Crippen LogP contribution in [-0.2, 0) is 6.54 Å². The lowest BCUT2D eigenvalue weighted by Crippen LogP contribution is -2.29. The van der Waals surface area contributed by atoms with Crippen molar-refractivity contribution in [1.82, 2.24) is 19.9 Å². The number of carboxylic acids is 1. The lowest BCUT2D eigenvalue weighted by molar-refractivity contribution is 0.0690. The Morgan fingerprint density at radius 2 is 2.16 bits per heavy atom. The second kappa shape index (κ2) is 5.69. The summed E-state index contributed by atoms with van der Waals surface area (Å²) in [5.41, 5.74) is 0.493. The average molecular weight is 266 g/mol. The lowest BCUT2D eigenvalue weighted by Gasteiger charge is -2.26. The quantitative estimate of drug-likeness (QED) is 0.844. The lowest BCUT2D eigenvalue weighted by atomic mass is 9.82. The van der Waals surface area contributed by atoms with Gasteiger partial charge in [-0.1, -0.05) is 19.1 Å². The SMILES string of the molecule is CCC1(CC)CCN(CCn2cc(C(=O)O)nn2)C1. The molecular weight excluding hydrogens is 244 g/mol. The summed E-state index contributed by atoms with van der Waals surface area (Å²) in [7, 11) is 0. The second-order valence-electron chi connectivity index (χ2n) is 5.41. The Bertz CT molecular complexity index is 440. The van der Waals surface area contributed by atoms with Crippen LogP contribution in [0.25, 0.3) is 0 Å². The number of aromatic nitrogens is 3. The maximum absolute atomic E-state index is 10.7. The molecule has 1 aliphatic rings. The fourth-order valence-corrected chi connectivity index (χ4v) is 2.80. The Balaban J connectivity index is 1.84. The molecular formula is C13H22N4O2. The Labute approximate surface area is 113 Å². The number of nitrogens with zero attached hydrogens (tertiary/aromatic N) is 4. The van der Waals surface area contributed by atoms with E-state index in [-0.39, 0.29) is 5.69 Å². The highest BCUT2D eigenvalue weighted by atomic mass is 16.4. The summed E-state index contributed by atoms with van der Waals surface area (Å²) in [6.07, 6.45) is 5.21. The van der Waals surface area contributed by atoms with Crippen molar-refractivity contribution in [2.24, 2.45) is 5.41 Å². The Hall–Kier alpha value is -1.43. The first-order chi connectivity index (χ1) is 9.08. The summed E-state index contributed by atoms with van der Waals surface area (Å²) in [6.45, 7) is 8.41. The molecule has 2 heterocycles. The van der Waals surface area contributed by atoms with E-state index in [1.54, 1.807) is 4.68 Å². The number of carboxylic acid groups (broad SMARTS) is 1. The molecule has 6 heteroatoms. The van der Waals surface area contributed by atoms with E-state index >= 15 is 0 Å². The summed E-state index contributed by atoms with van der Waals surface area (Å²) in [5, 5.41) is 16.2. The Morgan fingerprint density at radius 1 is 1.42 bits per heavy atom. The first-order valence-electron chi connectivity index (χ1n) is 6.94. The summed E-state index contributed by atoms with van der Waals surface area (Å²) < 4.78 is 1.61. The van der Waals surface area contributed by atoms with Crippen molar-refractivity contribution in [3.63, 3.8) is 0 Å². The molecule has 0 radical (unpaired) electrons. The van der Waals surface area contributed by atoms with Gasteiger partial charge < -0.3 is 10.0 Å². The van der Waals surface area contributed by atoms with Crippen molar-refractivity contribution in [3.8, 4) is 0 Å². The van der Waals surface area contributed by atoms with Crippen LogP contribution >= 0.6 is 0 Å². The fourth-order valence-electron chi connectivity index (χ4n) is 2.80. The normalized spacial score (nSPS) is 18.8. The van der Waals surface area contributed by atoms with Crippen LogP contribution in [0.1, 0.15) is 43.6 Å². The molecule has 0 amide bonds. The predicted molar refractivity (Wildman–Crippen MR) is 71.1 cm³/mol. The molecule has 1 saturated heterocycles. The first-order valence-corrected chi connectivity index (χ1v) is 6.94. The van der Waals surface area contributed by atoms with Crippen molar-refractivity contribution in [2.45, 2.75) is 39.7 Å². The molecule has 1 aromatic heterocycles. The van der Waals surface area contributed by atoms with E-state index in [1.165, 1.54) is 25.5 Å². The van der Waals surface area contributed by atoms with Gasteiger partial charge in [-0.3, -0.25) is 4.68 Å². The molecule has 19 heavy (non-hydrogen) atoms. The molecule has 1 aliphatic heterocycles. The van der Waals surface area contributed by atoms with E-state index in [4.69, 9.17) is 5.11 Å². The van der Waals surface area contributed by atoms with Crippen molar-refractivity contribution < 1.29 is 9.90 Å². The van der Waals surface area contributed by atoms with Crippen LogP contribution in [0.15, 0.2) is 6.20 Å². The van der Waals surface area contributed by atoms with Crippen molar-refractivity contribution in [2.75, 3.05) is 19.6 Å². The smallest absolute Gasteiger partial charge is 0.358 e. The Kier molecular flexibility index (Phi) is 4.19. The van der Waals surface area contributed by atoms with Gasteiger partial charge in [-0.15, -0.1) is 5.10 Å². The van der Waals surface area contributed by atoms with Crippen molar-refractivity contribution >= 4 is 5.97 Å². The molecule has 1 aromatic rings. The van der Waals surface area contributed by atoms with Crippen LogP contribution in [0.5, 0.6) is 0 Å². The molecule has 0 aromatic carbocycles. The van der Waals surface area contributed by atoms with E-state index in [9.17, 15) is 4.79 Å². The minimum atomic E-state index is -1.02. The second-order valence-corrected chi connectivity index (χ2v) is 5.41. The zero-order chi connectivity index (χ0) is 13.9. The summed E-state index contributed by atoms with van der Waals surface area (Å²) in [5.74, 6) is -1.02. The van der Waals surface area contributed by atoms with Gasteiger partial charge in [0.15, 0.2) is 5.69 Å². The van der Waals surface area contributed by atoms with Crippen LogP contribution in [0, 0.1) is 5.41 Å². The van der Waals surface area contributed by atoms with Gasteiger partial charge in [0.05, 0.1) is 12.7 Å². The maximum Gasteiger partial charge on any atom is 0.358 e. The van der Waals surface area contributed by atoms with Crippen LogP contribution in [0.3, 0.4) is 0 Å². The van der Waals surface area contributed by atoms with E-state index < -0.39 is 5.97 Å². The molecule has 0 atom stereocenters. The van der Waals surface area contributed by atoms with Crippen molar-refractivity contribution in [1.29, 1.82) is 0 Å². The third-order valence-electron chi connectivity index (χ3n) is 4.42. The Morgan fingerprint density at radius 3 is 2.68 bits per heavy atom. The number of hydrogen-bond acceptors (Lipinski definition) is 4. The van der Waals surface area contributed by atoms with Crippen LogP contribution in [0.2, 0.25) is 0 Å². The predicted octanol–water partition coefficient (Wildman–Crippen LogP) is 1.49. The molecule has 0 bridgehead atoms. The minimum absolute atomic E-state index is 0.0119. The highest BCUT2D eigenvalue weighted by Gasteiger charge is 2.34. The molecule has 0 unspecified atom stereocenters. The molecule has 1 fully saturated rings. The number of carbonyl (C=O) groups is 1. The standard InChI is InChI=1S/C13H22N4O2/c1-3-13(4-2)5-6-16(10-13)7-8-17-9-11(12(18)19)14-15-17/h9H,3-8,10H2,1-2H3,(H,18,19). The van der Waals surface area contributed by atoms with Gasteiger partial charge in [0, 0.05) is 13.1 Å². The van der Waals surface area contributed by atoms with Crippen molar-refractivity contribution in [3.05, 3.63) is 11.9 Å². The third kappa shape index (κ3) is 3.12. The van der Waals surface area contributed by atoms with Gasteiger partial charge in [-0.05, 0) is 31.2 Å². The number of hydrogen-bond donors (Lipinski definition) is 1. The van der Waals surface area contributed by atoms with Gasteiger partial charge in [0.2, 0.25) is 0 Å². The number of rotatable bonds is 6. The first kappa shape index (κ1) is 14.0. The number of likely N-dealkylation sites (tertiary alicyclic amines) is 1. The molecule has 106 valence electrons. The minimum Gasteiger partial charge on any atom is -0.476 e. The largest absolute Gasteiger partial charge is 0.476 e. The van der Waals surface area contributed by atoms with E-state index in [0.717, 1.165) is 19.6 Å². The highest BCUT2D eigenvalue weighted by Crippen LogP contribution is 2.36. The molecule has 0 spiro atoms. The van der Waals surface area contributed by atoms with Gasteiger partial charge in [-0.25, -0.2) is 4.79 Å². The summed E-state index contributed by atoms with van der Waals surface area (Å²) in [4.78, 5) is 13.2. The maximum atomic E-state index is 10.7. The van der Waals surface area contributed by atoms with Gasteiger partial charge in [0.1, 0.15) is 0 Å². The van der Waals surface area contributed by atoms with Crippen LogP contribution < -0.4 is 0 Å². The van der Waals surface area contributed by atoms with Gasteiger partial charge >= 0.3 is 5.97 Å². The monoisotopic (exact) mass is 266 g/mol. The van der Waals surface area contributed by atoms with E-state index in [0.29, 0.717) is 12.0 Å². The van der Waals surface area contributed by atoms with E-state index in [2.05, 4.69) is 29.1 Å². The molecule has 0 saturated carbocycles. The average Bonchev–Trinajstić information content (AvgIpc) is 3.04. The summed E-state index contributed by atoms with van der Waals surface area (Å²) in [6, 6.07) is 0. The summed E-state index contributed by atoms with van der Waals surface area (Å²) >= 11 is 0. The van der Waals surface area contributed by atoms with Crippen LogP contribution in [0.4, 0.5) is 0 Å². The molecule has 0 aliphatic carbocycles.